The van der Waals surface area contributed by atoms with E-state index < -0.39 is 0 Å². The fourth-order valence-electron chi connectivity index (χ4n) is 1.46. The second kappa shape index (κ2) is 7.31. The number of carbonyl (C=O) groups excluding carboxylic acids is 1. The first-order valence-electron chi connectivity index (χ1n) is 6.00. The molecular formula is C15H13ClN2O2. The number of carbonyl (C=O) groups is 1. The van der Waals surface area contributed by atoms with Crippen LogP contribution in [-0.2, 0) is 9.63 Å². The first kappa shape index (κ1) is 14.1. The molecule has 2 rings (SSSR count). The third-order valence-electron chi connectivity index (χ3n) is 2.40. The van der Waals surface area contributed by atoms with Gasteiger partial charge in [0, 0.05) is 10.7 Å². The molecule has 0 aliphatic carbocycles. The summed E-state index contributed by atoms with van der Waals surface area (Å²) in [6.45, 7) is -0.140. The van der Waals surface area contributed by atoms with Gasteiger partial charge in [0.25, 0.3) is 5.91 Å². The molecule has 0 aliphatic heterocycles. The fourth-order valence-corrected chi connectivity index (χ4v) is 1.59. The van der Waals surface area contributed by atoms with Crippen molar-refractivity contribution >= 4 is 29.4 Å². The highest BCUT2D eigenvalue weighted by Crippen LogP contribution is 2.08. The number of hydrogen-bond acceptors (Lipinski definition) is 3. The molecule has 0 bridgehead atoms. The summed E-state index contributed by atoms with van der Waals surface area (Å²) in [4.78, 5) is 16.5. The van der Waals surface area contributed by atoms with E-state index in [9.17, 15) is 4.79 Å². The smallest absolute Gasteiger partial charge is 0.265 e. The maximum absolute atomic E-state index is 11.5. The number of nitrogens with zero attached hydrogens (tertiary/aromatic N) is 1. The van der Waals surface area contributed by atoms with Crippen LogP contribution in [-0.4, -0.2) is 18.7 Å². The highest BCUT2D eigenvalue weighted by Gasteiger charge is 2.01. The van der Waals surface area contributed by atoms with Crippen molar-refractivity contribution in [2.75, 3.05) is 11.9 Å². The monoisotopic (exact) mass is 288 g/mol. The Balaban J connectivity index is 1.75. The Labute approximate surface area is 122 Å². The first-order valence-corrected chi connectivity index (χ1v) is 6.37. The average Bonchev–Trinajstić information content (AvgIpc) is 2.46. The predicted octanol–water partition coefficient (Wildman–Crippen LogP) is 3.33. The van der Waals surface area contributed by atoms with Gasteiger partial charge in [-0.3, -0.25) is 4.79 Å². The van der Waals surface area contributed by atoms with Crippen molar-refractivity contribution in [1.29, 1.82) is 0 Å². The van der Waals surface area contributed by atoms with E-state index in [1.54, 1.807) is 36.4 Å². The summed E-state index contributed by atoms with van der Waals surface area (Å²) in [6, 6.07) is 16.3. The molecule has 102 valence electrons. The fraction of sp³-hybridized carbons (Fsp3) is 0.0667. The van der Waals surface area contributed by atoms with Gasteiger partial charge in [0.1, 0.15) is 0 Å². The Morgan fingerprint density at radius 1 is 1.15 bits per heavy atom. The molecule has 0 aliphatic rings. The molecule has 0 fully saturated rings. The van der Waals surface area contributed by atoms with Gasteiger partial charge in [0.2, 0.25) is 0 Å². The summed E-state index contributed by atoms with van der Waals surface area (Å²) >= 11 is 5.76. The van der Waals surface area contributed by atoms with Crippen molar-refractivity contribution in [1.82, 2.24) is 0 Å². The molecule has 0 unspecified atom stereocenters. The van der Waals surface area contributed by atoms with Crippen molar-refractivity contribution in [3.8, 4) is 0 Å². The maximum Gasteiger partial charge on any atom is 0.265 e. The van der Waals surface area contributed by atoms with Crippen LogP contribution in [0.2, 0.25) is 5.02 Å². The zero-order valence-corrected chi connectivity index (χ0v) is 11.4. The third kappa shape index (κ3) is 4.74. The minimum atomic E-state index is -0.260. The molecule has 0 saturated heterocycles. The molecular weight excluding hydrogens is 276 g/mol. The lowest BCUT2D eigenvalue weighted by atomic mass is 10.2. The highest BCUT2D eigenvalue weighted by atomic mass is 35.5. The molecule has 20 heavy (non-hydrogen) atoms. The number of para-hydroxylation sites is 1. The Kier molecular flexibility index (Phi) is 5.15. The third-order valence-corrected chi connectivity index (χ3v) is 2.65. The van der Waals surface area contributed by atoms with Gasteiger partial charge in [-0.05, 0) is 29.8 Å². The minimum absolute atomic E-state index is 0.140. The number of halogens is 1. The second-order valence-electron chi connectivity index (χ2n) is 3.97. The van der Waals surface area contributed by atoms with Crippen LogP contribution in [0.5, 0.6) is 0 Å². The first-order chi connectivity index (χ1) is 9.74. The van der Waals surface area contributed by atoms with Crippen LogP contribution in [0.4, 0.5) is 5.69 Å². The number of hydrogen-bond donors (Lipinski definition) is 1. The van der Waals surface area contributed by atoms with Crippen molar-refractivity contribution in [2.45, 2.75) is 0 Å². The zero-order valence-electron chi connectivity index (χ0n) is 10.6. The van der Waals surface area contributed by atoms with E-state index in [-0.39, 0.29) is 12.5 Å². The summed E-state index contributed by atoms with van der Waals surface area (Å²) in [5, 5.41) is 7.07. The number of anilines is 1. The maximum atomic E-state index is 11.5. The molecule has 0 aromatic heterocycles. The van der Waals surface area contributed by atoms with Gasteiger partial charge in [0.05, 0.1) is 6.21 Å². The van der Waals surface area contributed by atoms with Crippen LogP contribution in [0.3, 0.4) is 0 Å². The summed E-state index contributed by atoms with van der Waals surface area (Å²) in [7, 11) is 0. The normalized spacial score (nSPS) is 10.4. The standard InChI is InChI=1S/C15H13ClN2O2/c16-13-8-6-12(7-9-13)10-17-20-11-15(19)18-14-4-2-1-3-5-14/h1-10H,11H2,(H,18,19). The van der Waals surface area contributed by atoms with Crippen LogP contribution >= 0.6 is 11.6 Å². The molecule has 2 aromatic rings. The predicted molar refractivity (Wildman–Crippen MR) is 80.1 cm³/mol. The lowest BCUT2D eigenvalue weighted by molar-refractivity contribution is -0.120. The lowest BCUT2D eigenvalue weighted by Crippen LogP contribution is -2.16. The molecule has 4 nitrogen and oxygen atoms in total. The van der Waals surface area contributed by atoms with E-state index in [2.05, 4.69) is 10.5 Å². The zero-order chi connectivity index (χ0) is 14.2. The lowest BCUT2D eigenvalue weighted by Gasteiger charge is -2.03. The minimum Gasteiger partial charge on any atom is -0.386 e. The molecule has 0 saturated carbocycles. The van der Waals surface area contributed by atoms with Gasteiger partial charge in [-0.15, -0.1) is 0 Å². The quantitative estimate of drug-likeness (QED) is 0.678. The summed E-state index contributed by atoms with van der Waals surface area (Å²) in [5.74, 6) is -0.260. The molecule has 0 atom stereocenters. The summed E-state index contributed by atoms with van der Waals surface area (Å²) in [6.07, 6.45) is 1.52. The molecule has 0 heterocycles. The largest absolute Gasteiger partial charge is 0.386 e. The Bertz CT molecular complexity index is 583. The van der Waals surface area contributed by atoms with Gasteiger partial charge in [-0.1, -0.05) is 47.1 Å². The molecule has 0 spiro atoms. The SMILES string of the molecule is O=C(CON=Cc1ccc(Cl)cc1)Nc1ccccc1. The highest BCUT2D eigenvalue weighted by molar-refractivity contribution is 6.30. The van der Waals surface area contributed by atoms with Gasteiger partial charge >= 0.3 is 0 Å². The topological polar surface area (TPSA) is 50.7 Å². The van der Waals surface area contributed by atoms with Crippen LogP contribution in [0.1, 0.15) is 5.56 Å². The van der Waals surface area contributed by atoms with Crippen molar-refractivity contribution in [3.63, 3.8) is 0 Å². The molecule has 5 heteroatoms. The van der Waals surface area contributed by atoms with Crippen molar-refractivity contribution in [3.05, 3.63) is 65.2 Å². The van der Waals surface area contributed by atoms with E-state index in [1.807, 2.05) is 18.2 Å². The molecule has 1 N–H and O–H groups in total. The Morgan fingerprint density at radius 3 is 2.55 bits per heavy atom. The van der Waals surface area contributed by atoms with E-state index in [1.165, 1.54) is 6.21 Å². The van der Waals surface area contributed by atoms with E-state index in [4.69, 9.17) is 16.4 Å². The van der Waals surface area contributed by atoms with Crippen LogP contribution in [0, 0.1) is 0 Å². The van der Waals surface area contributed by atoms with Crippen LogP contribution in [0.25, 0.3) is 0 Å². The Hall–Kier alpha value is -2.33. The summed E-state index contributed by atoms with van der Waals surface area (Å²) < 4.78 is 0. The number of oxime groups is 1. The molecule has 1 amide bonds. The summed E-state index contributed by atoms with van der Waals surface area (Å²) in [5.41, 5.74) is 1.57. The van der Waals surface area contributed by atoms with Crippen LogP contribution in [0.15, 0.2) is 59.8 Å². The number of rotatable bonds is 5. The van der Waals surface area contributed by atoms with Gasteiger partial charge in [-0.2, -0.15) is 0 Å². The van der Waals surface area contributed by atoms with Gasteiger partial charge in [-0.25, -0.2) is 0 Å². The molecule has 2 aromatic carbocycles. The number of amides is 1. The second-order valence-corrected chi connectivity index (χ2v) is 4.41. The van der Waals surface area contributed by atoms with Crippen molar-refractivity contribution in [2.24, 2.45) is 5.16 Å². The van der Waals surface area contributed by atoms with Crippen molar-refractivity contribution < 1.29 is 9.63 Å². The number of nitrogens with one attached hydrogen (secondary N) is 1. The van der Waals surface area contributed by atoms with E-state index >= 15 is 0 Å². The Morgan fingerprint density at radius 2 is 1.85 bits per heavy atom. The number of benzene rings is 2. The average molecular weight is 289 g/mol. The van der Waals surface area contributed by atoms with Gasteiger partial charge < -0.3 is 10.2 Å². The van der Waals surface area contributed by atoms with E-state index in [0.29, 0.717) is 5.02 Å². The molecule has 0 radical (unpaired) electrons. The van der Waals surface area contributed by atoms with E-state index in [0.717, 1.165) is 11.3 Å². The van der Waals surface area contributed by atoms with Gasteiger partial charge in [0.15, 0.2) is 6.61 Å². The van der Waals surface area contributed by atoms with Crippen LogP contribution < -0.4 is 5.32 Å².